The van der Waals surface area contributed by atoms with Crippen LogP contribution in [0.2, 0.25) is 0 Å². The highest BCUT2D eigenvalue weighted by atomic mass is 16.1. The van der Waals surface area contributed by atoms with E-state index in [2.05, 4.69) is 10.2 Å². The number of hydrogen-bond donors (Lipinski definition) is 0. The van der Waals surface area contributed by atoms with Crippen molar-refractivity contribution in [2.45, 2.75) is 6.92 Å². The molecule has 0 aliphatic carbocycles. The third-order valence-electron chi connectivity index (χ3n) is 2.90. The standard InChI is InChI=1S/C14H11N3O/c1-10-4-6-11(7-5-10)13-15-16-14-12(9-18)3-2-8-17(13)14/h2-9H,1H3. The molecule has 2 aromatic heterocycles. The van der Waals surface area contributed by atoms with E-state index in [1.54, 1.807) is 6.07 Å². The van der Waals surface area contributed by atoms with Crippen LogP contribution < -0.4 is 0 Å². The first-order chi connectivity index (χ1) is 8.79. The summed E-state index contributed by atoms with van der Waals surface area (Å²) in [4.78, 5) is 10.9. The fourth-order valence-corrected chi connectivity index (χ4v) is 1.93. The van der Waals surface area contributed by atoms with Crippen molar-refractivity contribution in [1.29, 1.82) is 0 Å². The van der Waals surface area contributed by atoms with E-state index in [0.717, 1.165) is 17.7 Å². The highest BCUT2D eigenvalue weighted by Crippen LogP contribution is 2.19. The van der Waals surface area contributed by atoms with Crippen molar-refractivity contribution in [3.8, 4) is 11.4 Å². The van der Waals surface area contributed by atoms with E-state index in [9.17, 15) is 4.79 Å². The van der Waals surface area contributed by atoms with Gasteiger partial charge in [-0.1, -0.05) is 29.8 Å². The second-order valence-corrected chi connectivity index (χ2v) is 4.16. The van der Waals surface area contributed by atoms with Gasteiger partial charge in [-0.3, -0.25) is 9.20 Å². The second kappa shape index (κ2) is 4.07. The van der Waals surface area contributed by atoms with Crippen LogP contribution in [0.3, 0.4) is 0 Å². The summed E-state index contributed by atoms with van der Waals surface area (Å²) >= 11 is 0. The molecule has 18 heavy (non-hydrogen) atoms. The zero-order valence-corrected chi connectivity index (χ0v) is 9.87. The molecule has 88 valence electrons. The van der Waals surface area contributed by atoms with Gasteiger partial charge in [0.25, 0.3) is 0 Å². The van der Waals surface area contributed by atoms with E-state index in [1.165, 1.54) is 5.56 Å². The molecule has 1 aromatic carbocycles. The molecule has 0 radical (unpaired) electrons. The van der Waals surface area contributed by atoms with Gasteiger partial charge in [-0.25, -0.2) is 0 Å². The van der Waals surface area contributed by atoms with Crippen LogP contribution >= 0.6 is 0 Å². The zero-order valence-electron chi connectivity index (χ0n) is 9.87. The van der Waals surface area contributed by atoms with Crippen LogP contribution in [0, 0.1) is 6.92 Å². The van der Waals surface area contributed by atoms with Gasteiger partial charge in [0, 0.05) is 11.8 Å². The van der Waals surface area contributed by atoms with E-state index in [-0.39, 0.29) is 0 Å². The highest BCUT2D eigenvalue weighted by molar-refractivity contribution is 5.84. The molecule has 0 aliphatic heterocycles. The molecule has 0 bridgehead atoms. The van der Waals surface area contributed by atoms with Crippen LogP contribution in [0.15, 0.2) is 42.6 Å². The minimum Gasteiger partial charge on any atom is -0.298 e. The fraction of sp³-hybridized carbons (Fsp3) is 0.0714. The molecular weight excluding hydrogens is 226 g/mol. The maximum Gasteiger partial charge on any atom is 0.171 e. The van der Waals surface area contributed by atoms with Crippen molar-refractivity contribution < 1.29 is 4.79 Å². The summed E-state index contributed by atoms with van der Waals surface area (Å²) in [5.74, 6) is 0.744. The second-order valence-electron chi connectivity index (χ2n) is 4.16. The summed E-state index contributed by atoms with van der Waals surface area (Å²) in [5.41, 5.74) is 3.31. The van der Waals surface area contributed by atoms with Crippen molar-refractivity contribution in [1.82, 2.24) is 14.6 Å². The molecule has 0 amide bonds. The van der Waals surface area contributed by atoms with Crippen LogP contribution in [0.5, 0.6) is 0 Å². The quantitative estimate of drug-likeness (QED) is 0.643. The SMILES string of the molecule is Cc1ccc(-c2nnc3c(C=O)cccn23)cc1. The first kappa shape index (κ1) is 10.7. The van der Waals surface area contributed by atoms with E-state index < -0.39 is 0 Å². The van der Waals surface area contributed by atoms with Gasteiger partial charge in [0.15, 0.2) is 17.8 Å². The topological polar surface area (TPSA) is 47.3 Å². The van der Waals surface area contributed by atoms with Crippen molar-refractivity contribution >= 4 is 11.9 Å². The molecule has 0 aliphatic rings. The molecule has 0 atom stereocenters. The monoisotopic (exact) mass is 237 g/mol. The lowest BCUT2D eigenvalue weighted by atomic mass is 10.1. The minimum atomic E-state index is 0.545. The molecule has 0 fully saturated rings. The van der Waals surface area contributed by atoms with Gasteiger partial charge in [0.2, 0.25) is 0 Å². The minimum absolute atomic E-state index is 0.545. The Bertz CT molecular complexity index is 713. The lowest BCUT2D eigenvalue weighted by molar-refractivity contribution is 0.112. The smallest absolute Gasteiger partial charge is 0.171 e. The van der Waals surface area contributed by atoms with Crippen molar-refractivity contribution in [2.24, 2.45) is 0 Å². The number of aldehydes is 1. The molecule has 2 heterocycles. The van der Waals surface area contributed by atoms with Crippen molar-refractivity contribution in [3.63, 3.8) is 0 Å². The number of fused-ring (bicyclic) bond motifs is 1. The van der Waals surface area contributed by atoms with Gasteiger partial charge in [0.1, 0.15) is 0 Å². The summed E-state index contributed by atoms with van der Waals surface area (Å²) in [7, 11) is 0. The third kappa shape index (κ3) is 1.59. The fourth-order valence-electron chi connectivity index (χ4n) is 1.93. The lowest BCUT2D eigenvalue weighted by Crippen LogP contribution is -1.92. The first-order valence-electron chi connectivity index (χ1n) is 5.65. The lowest BCUT2D eigenvalue weighted by Gasteiger charge is -2.01. The van der Waals surface area contributed by atoms with E-state index >= 15 is 0 Å². The Kier molecular flexibility index (Phi) is 2.41. The van der Waals surface area contributed by atoms with Gasteiger partial charge < -0.3 is 0 Å². The summed E-state index contributed by atoms with van der Waals surface area (Å²) in [6.45, 7) is 2.04. The van der Waals surface area contributed by atoms with E-state index in [0.29, 0.717) is 11.2 Å². The highest BCUT2D eigenvalue weighted by Gasteiger charge is 2.09. The Morgan fingerprint density at radius 3 is 2.61 bits per heavy atom. The van der Waals surface area contributed by atoms with Crippen LogP contribution in [-0.2, 0) is 0 Å². The molecule has 4 heteroatoms. The van der Waals surface area contributed by atoms with Crippen LogP contribution in [0.4, 0.5) is 0 Å². The Morgan fingerprint density at radius 1 is 1.11 bits per heavy atom. The number of carbonyl (C=O) groups excluding carboxylic acids is 1. The summed E-state index contributed by atoms with van der Waals surface area (Å²) in [5, 5.41) is 8.23. The summed E-state index contributed by atoms with van der Waals surface area (Å²) in [6.07, 6.45) is 2.65. The Balaban J connectivity index is 2.24. The van der Waals surface area contributed by atoms with Crippen LogP contribution in [-0.4, -0.2) is 20.9 Å². The predicted octanol–water partition coefficient (Wildman–Crippen LogP) is 2.52. The van der Waals surface area contributed by atoms with Gasteiger partial charge in [-0.15, -0.1) is 10.2 Å². The summed E-state index contributed by atoms with van der Waals surface area (Å²) in [6, 6.07) is 11.6. The number of hydrogen-bond acceptors (Lipinski definition) is 3. The summed E-state index contributed by atoms with van der Waals surface area (Å²) < 4.78 is 1.83. The van der Waals surface area contributed by atoms with Gasteiger partial charge >= 0.3 is 0 Å². The normalized spacial score (nSPS) is 10.7. The molecule has 0 unspecified atom stereocenters. The van der Waals surface area contributed by atoms with Crippen molar-refractivity contribution in [2.75, 3.05) is 0 Å². The molecule has 4 nitrogen and oxygen atoms in total. The number of benzene rings is 1. The molecular formula is C14H11N3O. The maximum absolute atomic E-state index is 10.9. The Labute approximate surface area is 104 Å². The van der Waals surface area contributed by atoms with Crippen LogP contribution in [0.25, 0.3) is 17.0 Å². The largest absolute Gasteiger partial charge is 0.298 e. The first-order valence-corrected chi connectivity index (χ1v) is 5.65. The maximum atomic E-state index is 10.9. The molecule has 0 N–H and O–H groups in total. The van der Waals surface area contributed by atoms with Crippen LogP contribution in [0.1, 0.15) is 15.9 Å². The molecule has 3 rings (SSSR count). The number of pyridine rings is 1. The molecule has 0 saturated heterocycles. The van der Waals surface area contributed by atoms with Crippen molar-refractivity contribution in [3.05, 3.63) is 53.7 Å². The third-order valence-corrected chi connectivity index (χ3v) is 2.90. The van der Waals surface area contributed by atoms with E-state index in [1.807, 2.05) is 47.9 Å². The predicted molar refractivity (Wildman–Crippen MR) is 68.5 cm³/mol. The Hall–Kier alpha value is -2.49. The number of carbonyl (C=O) groups is 1. The van der Waals surface area contributed by atoms with Gasteiger partial charge in [0.05, 0.1) is 5.56 Å². The number of aryl methyl sites for hydroxylation is 1. The van der Waals surface area contributed by atoms with Gasteiger partial charge in [-0.2, -0.15) is 0 Å². The zero-order chi connectivity index (χ0) is 12.5. The average molecular weight is 237 g/mol. The average Bonchev–Trinajstić information content (AvgIpc) is 2.83. The number of nitrogens with zero attached hydrogens (tertiary/aromatic N) is 3. The van der Waals surface area contributed by atoms with E-state index in [4.69, 9.17) is 0 Å². The van der Waals surface area contributed by atoms with Gasteiger partial charge in [-0.05, 0) is 19.1 Å². The Morgan fingerprint density at radius 2 is 1.89 bits per heavy atom. The number of aromatic nitrogens is 3. The molecule has 0 spiro atoms. The molecule has 3 aromatic rings. The number of rotatable bonds is 2. The molecule has 0 saturated carbocycles.